The number of hydrogen-bond acceptors (Lipinski definition) is 7. The summed E-state index contributed by atoms with van der Waals surface area (Å²) < 4.78 is 25.4. The molecule has 0 radical (unpaired) electrons. The lowest BCUT2D eigenvalue weighted by Gasteiger charge is -2.50. The van der Waals surface area contributed by atoms with Crippen molar-refractivity contribution in [2.75, 3.05) is 13.7 Å². The Balaban J connectivity index is 1.73. The van der Waals surface area contributed by atoms with Gasteiger partial charge in [0.25, 0.3) is 0 Å². The minimum atomic E-state index is -1.64. The molecule has 4 rings (SSSR count). The molecule has 3 aliphatic heterocycles. The molecule has 4 aliphatic rings. The van der Waals surface area contributed by atoms with Crippen LogP contribution in [0.4, 0.5) is 0 Å². The number of esters is 1. The smallest absolute Gasteiger partial charge is 0.316 e. The van der Waals surface area contributed by atoms with Crippen molar-refractivity contribution in [2.45, 2.75) is 122 Å². The van der Waals surface area contributed by atoms with Crippen LogP contribution in [-0.4, -0.2) is 65.7 Å². The molecule has 1 aliphatic carbocycles. The first-order valence-electron chi connectivity index (χ1n) is 15.5. The molecule has 9 atom stereocenters. The third-order valence-electron chi connectivity index (χ3n) is 9.60. The van der Waals surface area contributed by atoms with Crippen molar-refractivity contribution >= 4 is 5.97 Å². The van der Waals surface area contributed by atoms with Crippen LogP contribution in [0.2, 0.25) is 0 Å². The summed E-state index contributed by atoms with van der Waals surface area (Å²) in [5.74, 6) is -1.24. The second-order valence-corrected chi connectivity index (χ2v) is 13.4. The van der Waals surface area contributed by atoms with Crippen LogP contribution in [0.5, 0.6) is 0 Å². The van der Waals surface area contributed by atoms with Gasteiger partial charge in [-0.25, -0.2) is 0 Å². The van der Waals surface area contributed by atoms with E-state index in [0.29, 0.717) is 30.3 Å². The molecule has 2 bridgehead atoms. The molecule has 2 saturated heterocycles. The first kappa shape index (κ1) is 32.2. The number of hydrogen-bond donors (Lipinski definition) is 2. The van der Waals surface area contributed by atoms with E-state index in [9.17, 15) is 15.0 Å². The number of aliphatic hydroxyl groups is 2. The predicted molar refractivity (Wildman–Crippen MR) is 159 cm³/mol. The quantitative estimate of drug-likeness (QED) is 0.326. The van der Waals surface area contributed by atoms with Crippen molar-refractivity contribution in [2.24, 2.45) is 23.7 Å². The Morgan fingerprint density at radius 1 is 1.15 bits per heavy atom. The Morgan fingerprint density at radius 3 is 2.59 bits per heavy atom. The highest BCUT2D eigenvalue weighted by Gasteiger charge is 2.52. The summed E-state index contributed by atoms with van der Waals surface area (Å²) >= 11 is 0. The van der Waals surface area contributed by atoms with Crippen LogP contribution < -0.4 is 0 Å². The highest BCUT2D eigenvalue weighted by molar-refractivity contribution is 5.78. The first-order chi connectivity index (χ1) is 19.4. The van der Waals surface area contributed by atoms with E-state index in [2.05, 4.69) is 46.8 Å². The maximum Gasteiger partial charge on any atom is 0.316 e. The Bertz CT molecular complexity index is 1060. The lowest BCUT2D eigenvalue weighted by atomic mass is 9.71. The van der Waals surface area contributed by atoms with E-state index >= 15 is 0 Å². The fourth-order valence-electron chi connectivity index (χ4n) is 7.29. The van der Waals surface area contributed by atoms with E-state index in [1.165, 1.54) is 5.57 Å². The van der Waals surface area contributed by atoms with Crippen LogP contribution in [0.3, 0.4) is 0 Å². The zero-order valence-electron chi connectivity index (χ0n) is 26.1. The number of allylic oxidation sites excluding steroid dienone is 4. The fraction of sp³-hybridized carbons (Fsp3) is 0.735. The van der Waals surface area contributed by atoms with Gasteiger partial charge in [0.1, 0.15) is 17.6 Å². The molecule has 0 aromatic heterocycles. The molecule has 1 spiro atoms. The second-order valence-electron chi connectivity index (χ2n) is 13.4. The van der Waals surface area contributed by atoms with Crippen LogP contribution in [0.25, 0.3) is 0 Å². The SMILES string of the molecule is CO[C@H]1C[C@@]2(O)/C(CO)=C/C=C/[C@H](C)C/C(C)=C/C[C@@H]3C[C@@H](C[C@]4(CC[C@H](C)[C@@H](C(C)C)O4)O3)OC(=O)[C@@H]2C=C1C. The maximum atomic E-state index is 14.0. The van der Waals surface area contributed by atoms with Gasteiger partial charge in [-0.1, -0.05) is 63.6 Å². The zero-order valence-corrected chi connectivity index (χ0v) is 26.1. The van der Waals surface area contributed by atoms with E-state index in [0.717, 1.165) is 31.3 Å². The summed E-state index contributed by atoms with van der Waals surface area (Å²) in [5, 5.41) is 22.5. The van der Waals surface area contributed by atoms with Crippen molar-refractivity contribution < 1.29 is 34.0 Å². The molecular formula is C34H52O7. The summed E-state index contributed by atoms with van der Waals surface area (Å²) in [4.78, 5) is 14.0. The van der Waals surface area contributed by atoms with Crippen molar-refractivity contribution in [1.29, 1.82) is 0 Å². The van der Waals surface area contributed by atoms with Crippen LogP contribution in [-0.2, 0) is 23.7 Å². The molecule has 0 aromatic rings. The molecule has 230 valence electrons. The molecule has 0 saturated carbocycles. The Morgan fingerprint density at radius 2 is 1.90 bits per heavy atom. The molecule has 2 fully saturated rings. The van der Waals surface area contributed by atoms with Gasteiger partial charge in [0, 0.05) is 32.8 Å². The number of ether oxygens (including phenoxy) is 4. The molecule has 3 heterocycles. The van der Waals surface area contributed by atoms with Gasteiger partial charge in [-0.15, -0.1) is 0 Å². The molecule has 0 amide bonds. The summed E-state index contributed by atoms with van der Waals surface area (Å²) in [6, 6.07) is 0. The molecule has 0 aromatic carbocycles. The minimum Gasteiger partial charge on any atom is -0.462 e. The Labute approximate surface area is 246 Å². The summed E-state index contributed by atoms with van der Waals surface area (Å²) in [7, 11) is 1.59. The molecule has 41 heavy (non-hydrogen) atoms. The van der Waals surface area contributed by atoms with Gasteiger partial charge in [0.15, 0.2) is 5.79 Å². The van der Waals surface area contributed by atoms with Crippen molar-refractivity contribution in [3.63, 3.8) is 0 Å². The summed E-state index contributed by atoms with van der Waals surface area (Å²) in [6.07, 6.45) is 13.4. The van der Waals surface area contributed by atoms with E-state index < -0.39 is 29.4 Å². The van der Waals surface area contributed by atoms with Gasteiger partial charge >= 0.3 is 5.97 Å². The van der Waals surface area contributed by atoms with Crippen molar-refractivity contribution in [3.8, 4) is 0 Å². The average molecular weight is 573 g/mol. The molecule has 7 nitrogen and oxygen atoms in total. The number of rotatable bonds is 3. The van der Waals surface area contributed by atoms with Crippen LogP contribution in [0.15, 0.2) is 47.1 Å². The normalized spacial score (nSPS) is 44.2. The van der Waals surface area contributed by atoms with Crippen molar-refractivity contribution in [3.05, 3.63) is 47.1 Å². The Kier molecular flexibility index (Phi) is 10.4. The lowest BCUT2D eigenvalue weighted by molar-refractivity contribution is -0.340. The maximum absolute atomic E-state index is 14.0. The molecular weight excluding hydrogens is 520 g/mol. The topological polar surface area (TPSA) is 94.5 Å². The number of fused-ring (bicyclic) bond motifs is 3. The van der Waals surface area contributed by atoms with Gasteiger partial charge < -0.3 is 29.2 Å². The van der Waals surface area contributed by atoms with E-state index in [-0.39, 0.29) is 37.3 Å². The molecule has 7 heteroatoms. The first-order valence-corrected chi connectivity index (χ1v) is 15.5. The van der Waals surface area contributed by atoms with Gasteiger partial charge in [-0.2, -0.15) is 0 Å². The van der Waals surface area contributed by atoms with Crippen LogP contribution in [0, 0.1) is 23.7 Å². The van der Waals surface area contributed by atoms with Gasteiger partial charge in [-0.3, -0.25) is 4.79 Å². The minimum absolute atomic E-state index is 0.0684. The van der Waals surface area contributed by atoms with E-state index in [1.807, 2.05) is 13.0 Å². The number of carbonyl (C=O) groups is 1. The molecule has 2 N–H and O–H groups in total. The standard InChI is InChI=1S/C34H52O7/c1-21(2)31-24(5)13-14-33(41-31)18-28-17-27(40-33)12-11-23(4)15-22(3)9-8-10-26(20-35)34(37)19-30(38-7)25(6)16-29(34)32(36)39-28/h8-11,16,21-22,24,27-31,35,37H,12-15,17-20H2,1-7H3/b9-8+,23-11+,26-10+/t22-,24-,27+,28-,29-,30-,31+,33+,34+/m0/s1. The summed E-state index contributed by atoms with van der Waals surface area (Å²) in [6.45, 7) is 12.4. The third-order valence-corrected chi connectivity index (χ3v) is 9.60. The average Bonchev–Trinajstić information content (AvgIpc) is 2.91. The molecule has 0 unspecified atom stereocenters. The van der Waals surface area contributed by atoms with E-state index in [1.54, 1.807) is 19.3 Å². The number of aliphatic hydroxyl groups excluding tert-OH is 1. The second kappa shape index (κ2) is 13.3. The third kappa shape index (κ3) is 7.24. The zero-order chi connectivity index (χ0) is 29.9. The van der Waals surface area contributed by atoms with Crippen molar-refractivity contribution in [1.82, 2.24) is 0 Å². The monoisotopic (exact) mass is 572 g/mol. The number of methoxy groups -OCH3 is 1. The summed E-state index contributed by atoms with van der Waals surface area (Å²) in [5.41, 5.74) is 0.860. The Hall–Kier alpha value is -1.77. The highest BCUT2D eigenvalue weighted by Crippen LogP contribution is 2.45. The van der Waals surface area contributed by atoms with E-state index in [4.69, 9.17) is 18.9 Å². The lowest BCUT2D eigenvalue weighted by Crippen LogP contribution is -2.56. The van der Waals surface area contributed by atoms with Crippen LogP contribution >= 0.6 is 0 Å². The van der Waals surface area contributed by atoms with Gasteiger partial charge in [0.2, 0.25) is 0 Å². The van der Waals surface area contributed by atoms with Crippen LogP contribution in [0.1, 0.15) is 86.5 Å². The van der Waals surface area contributed by atoms with Gasteiger partial charge in [-0.05, 0) is 62.0 Å². The highest BCUT2D eigenvalue weighted by atomic mass is 16.7. The fourth-order valence-corrected chi connectivity index (χ4v) is 7.29. The largest absolute Gasteiger partial charge is 0.462 e. The predicted octanol–water partition coefficient (Wildman–Crippen LogP) is 5.81. The number of carbonyl (C=O) groups excluding carboxylic acids is 1. The van der Waals surface area contributed by atoms with Gasteiger partial charge in [0.05, 0.1) is 24.9 Å².